The maximum Gasteiger partial charge on any atom is 0.255 e. The van der Waals surface area contributed by atoms with E-state index >= 15 is 0 Å². The fourth-order valence-electron chi connectivity index (χ4n) is 2.88. The van der Waals surface area contributed by atoms with Crippen molar-refractivity contribution in [2.75, 3.05) is 11.9 Å². The van der Waals surface area contributed by atoms with Gasteiger partial charge >= 0.3 is 0 Å². The Balaban J connectivity index is 1.68. The third-order valence-electron chi connectivity index (χ3n) is 4.13. The minimum Gasteiger partial charge on any atom is -0.484 e. The van der Waals surface area contributed by atoms with Crippen molar-refractivity contribution in [2.45, 2.75) is 20.3 Å². The number of hydrogen-bond acceptors (Lipinski definition) is 3. The fraction of sp³-hybridized carbons (Fsp3) is 0.200. The number of primary amides is 1. The second-order valence-corrected chi connectivity index (χ2v) is 6.28. The Bertz CT molecular complexity index is 958. The van der Waals surface area contributed by atoms with Crippen LogP contribution in [0.4, 0.5) is 5.69 Å². The summed E-state index contributed by atoms with van der Waals surface area (Å²) >= 11 is 0. The highest BCUT2D eigenvalue weighted by Gasteiger charge is 2.13. The van der Waals surface area contributed by atoms with E-state index in [-0.39, 0.29) is 18.9 Å². The summed E-state index contributed by atoms with van der Waals surface area (Å²) in [5.74, 6) is -0.113. The number of anilines is 1. The number of rotatable bonds is 6. The van der Waals surface area contributed by atoms with Gasteiger partial charge in [-0.25, -0.2) is 0 Å². The predicted molar refractivity (Wildman–Crippen MR) is 101 cm³/mol. The summed E-state index contributed by atoms with van der Waals surface area (Å²) in [6, 6.07) is 13.0. The first kappa shape index (κ1) is 17.5. The Labute approximate surface area is 151 Å². The zero-order chi connectivity index (χ0) is 18.7. The van der Waals surface area contributed by atoms with Crippen LogP contribution in [0, 0.1) is 13.8 Å². The number of carbonyl (C=O) groups is 2. The second-order valence-electron chi connectivity index (χ2n) is 6.28. The molecule has 2 aromatic carbocycles. The Kier molecular flexibility index (Phi) is 4.93. The van der Waals surface area contributed by atoms with Crippen molar-refractivity contribution in [1.82, 2.24) is 4.98 Å². The molecule has 0 aliphatic carbocycles. The summed E-state index contributed by atoms with van der Waals surface area (Å²) in [4.78, 5) is 26.5. The number of carbonyl (C=O) groups excluding carboxylic acids is 2. The van der Waals surface area contributed by atoms with E-state index in [2.05, 4.69) is 16.4 Å². The van der Waals surface area contributed by atoms with Gasteiger partial charge in [0.25, 0.3) is 5.91 Å². The van der Waals surface area contributed by atoms with Gasteiger partial charge in [-0.1, -0.05) is 11.6 Å². The van der Waals surface area contributed by atoms with Gasteiger partial charge in [-0.3, -0.25) is 9.59 Å². The summed E-state index contributed by atoms with van der Waals surface area (Å²) in [5, 5.41) is 3.96. The van der Waals surface area contributed by atoms with Crippen molar-refractivity contribution >= 4 is 28.4 Å². The number of aromatic nitrogens is 1. The standard InChI is InChI=1S/C20H21N3O3/c1-12-3-8-18-17(9-12)16(13(2)22-18)10-20(25)23-14-4-6-15(7-5-14)26-11-19(21)24/h3-9,22H,10-11H2,1-2H3,(H2,21,24)(H,23,25). The number of benzene rings is 2. The van der Waals surface area contributed by atoms with E-state index in [1.165, 1.54) is 0 Å². The van der Waals surface area contributed by atoms with Gasteiger partial charge in [0.2, 0.25) is 5.91 Å². The van der Waals surface area contributed by atoms with Crippen molar-refractivity contribution in [3.63, 3.8) is 0 Å². The lowest BCUT2D eigenvalue weighted by Crippen LogP contribution is -2.20. The molecule has 2 amide bonds. The molecule has 3 aromatic rings. The van der Waals surface area contributed by atoms with Crippen molar-refractivity contribution in [3.05, 3.63) is 59.3 Å². The molecule has 3 rings (SSSR count). The molecular weight excluding hydrogens is 330 g/mol. The monoisotopic (exact) mass is 351 g/mol. The average Bonchev–Trinajstić information content (AvgIpc) is 2.89. The van der Waals surface area contributed by atoms with Crippen LogP contribution in [0.2, 0.25) is 0 Å². The molecule has 0 saturated heterocycles. The summed E-state index contributed by atoms with van der Waals surface area (Å²) in [6.07, 6.45) is 0.287. The predicted octanol–water partition coefficient (Wildman–Crippen LogP) is 2.83. The van der Waals surface area contributed by atoms with Gasteiger partial charge in [0.1, 0.15) is 5.75 Å². The smallest absolute Gasteiger partial charge is 0.255 e. The van der Waals surface area contributed by atoms with Gasteiger partial charge in [-0.05, 0) is 55.8 Å². The lowest BCUT2D eigenvalue weighted by Gasteiger charge is -2.08. The van der Waals surface area contributed by atoms with E-state index in [0.29, 0.717) is 11.4 Å². The number of hydrogen-bond donors (Lipinski definition) is 3. The highest BCUT2D eigenvalue weighted by atomic mass is 16.5. The van der Waals surface area contributed by atoms with E-state index in [1.807, 2.05) is 26.0 Å². The molecule has 0 unspecified atom stereocenters. The van der Waals surface area contributed by atoms with Crippen molar-refractivity contribution in [3.8, 4) is 5.75 Å². The van der Waals surface area contributed by atoms with Crippen LogP contribution in [0.25, 0.3) is 10.9 Å². The molecule has 0 aliphatic rings. The third kappa shape index (κ3) is 4.03. The Morgan fingerprint density at radius 1 is 1.12 bits per heavy atom. The number of H-pyrrole nitrogens is 1. The van der Waals surface area contributed by atoms with Crippen molar-refractivity contribution < 1.29 is 14.3 Å². The first-order valence-electron chi connectivity index (χ1n) is 8.31. The zero-order valence-electron chi connectivity index (χ0n) is 14.8. The quantitative estimate of drug-likeness (QED) is 0.637. The number of nitrogens with two attached hydrogens (primary N) is 1. The number of ether oxygens (including phenoxy) is 1. The van der Waals surface area contributed by atoms with Crippen LogP contribution in [0.5, 0.6) is 5.75 Å². The van der Waals surface area contributed by atoms with Crippen LogP contribution in [0.15, 0.2) is 42.5 Å². The van der Waals surface area contributed by atoms with E-state index in [9.17, 15) is 9.59 Å². The van der Waals surface area contributed by atoms with Crippen LogP contribution in [-0.2, 0) is 16.0 Å². The minimum atomic E-state index is -0.535. The SMILES string of the molecule is Cc1ccc2[nH]c(C)c(CC(=O)Nc3ccc(OCC(N)=O)cc3)c2c1. The number of nitrogens with one attached hydrogen (secondary N) is 2. The zero-order valence-corrected chi connectivity index (χ0v) is 14.8. The molecular formula is C20H21N3O3. The molecule has 0 bridgehead atoms. The van der Waals surface area contributed by atoms with E-state index in [1.54, 1.807) is 24.3 Å². The highest BCUT2D eigenvalue weighted by molar-refractivity contribution is 5.96. The molecule has 6 heteroatoms. The van der Waals surface area contributed by atoms with Gasteiger partial charge in [-0.2, -0.15) is 0 Å². The van der Waals surface area contributed by atoms with Crippen LogP contribution >= 0.6 is 0 Å². The molecule has 1 aromatic heterocycles. The summed E-state index contributed by atoms with van der Waals surface area (Å²) in [5.41, 5.74) is 9.89. The second kappa shape index (κ2) is 7.31. The number of fused-ring (bicyclic) bond motifs is 1. The summed E-state index contributed by atoms with van der Waals surface area (Å²) < 4.78 is 5.20. The lowest BCUT2D eigenvalue weighted by atomic mass is 10.1. The molecule has 0 spiro atoms. The van der Waals surface area contributed by atoms with E-state index in [4.69, 9.17) is 10.5 Å². The maximum absolute atomic E-state index is 12.4. The van der Waals surface area contributed by atoms with Crippen LogP contribution in [0.3, 0.4) is 0 Å². The highest BCUT2D eigenvalue weighted by Crippen LogP contribution is 2.24. The van der Waals surface area contributed by atoms with Gasteiger partial charge < -0.3 is 20.8 Å². The summed E-state index contributed by atoms with van der Waals surface area (Å²) in [6.45, 7) is 3.83. The minimum absolute atomic E-state index is 0.0960. The Morgan fingerprint density at radius 3 is 2.54 bits per heavy atom. The number of aryl methyl sites for hydroxylation is 2. The molecule has 0 fully saturated rings. The molecule has 0 aliphatic heterocycles. The van der Waals surface area contributed by atoms with Gasteiger partial charge in [0, 0.05) is 22.3 Å². The molecule has 0 atom stereocenters. The molecule has 134 valence electrons. The van der Waals surface area contributed by atoms with Gasteiger partial charge in [0.15, 0.2) is 6.61 Å². The topological polar surface area (TPSA) is 97.2 Å². The molecule has 6 nitrogen and oxygen atoms in total. The van der Waals surface area contributed by atoms with Crippen LogP contribution in [-0.4, -0.2) is 23.4 Å². The van der Waals surface area contributed by atoms with Crippen LogP contribution in [0.1, 0.15) is 16.8 Å². The van der Waals surface area contributed by atoms with Crippen molar-refractivity contribution in [2.24, 2.45) is 5.73 Å². The number of amides is 2. The first-order valence-corrected chi connectivity index (χ1v) is 8.31. The third-order valence-corrected chi connectivity index (χ3v) is 4.13. The molecule has 0 radical (unpaired) electrons. The molecule has 0 saturated carbocycles. The van der Waals surface area contributed by atoms with Gasteiger partial charge in [0.05, 0.1) is 6.42 Å². The first-order chi connectivity index (χ1) is 12.4. The molecule has 4 N–H and O–H groups in total. The fourth-order valence-corrected chi connectivity index (χ4v) is 2.88. The van der Waals surface area contributed by atoms with Crippen molar-refractivity contribution in [1.29, 1.82) is 0 Å². The molecule has 1 heterocycles. The van der Waals surface area contributed by atoms with E-state index < -0.39 is 5.91 Å². The van der Waals surface area contributed by atoms with Gasteiger partial charge in [-0.15, -0.1) is 0 Å². The lowest BCUT2D eigenvalue weighted by molar-refractivity contribution is -0.120. The average molecular weight is 351 g/mol. The summed E-state index contributed by atoms with van der Waals surface area (Å²) in [7, 11) is 0. The van der Waals surface area contributed by atoms with Crippen LogP contribution < -0.4 is 15.8 Å². The Hall–Kier alpha value is -3.28. The largest absolute Gasteiger partial charge is 0.484 e. The molecule has 26 heavy (non-hydrogen) atoms. The normalized spacial score (nSPS) is 10.7. The number of aromatic amines is 1. The van der Waals surface area contributed by atoms with E-state index in [0.717, 1.165) is 27.7 Å². The maximum atomic E-state index is 12.4. The Morgan fingerprint density at radius 2 is 1.85 bits per heavy atom.